The van der Waals surface area contributed by atoms with Gasteiger partial charge in [0.15, 0.2) is 0 Å². The Labute approximate surface area is 122 Å². The van der Waals surface area contributed by atoms with Crippen LogP contribution < -0.4 is 0 Å². The van der Waals surface area contributed by atoms with Gasteiger partial charge in [-0.25, -0.2) is 8.42 Å². The Morgan fingerprint density at radius 1 is 1.25 bits per heavy atom. The van der Waals surface area contributed by atoms with Crippen LogP contribution in [0.1, 0.15) is 26.3 Å². The maximum atomic E-state index is 12.6. The lowest BCUT2D eigenvalue weighted by atomic mass is 10.2. The van der Waals surface area contributed by atoms with Crippen LogP contribution in [0.4, 0.5) is 0 Å². The fourth-order valence-corrected chi connectivity index (χ4v) is 2.84. The molecule has 4 heteroatoms. The summed E-state index contributed by atoms with van der Waals surface area (Å²) in [4.78, 5) is 0.308. The van der Waals surface area contributed by atoms with Crippen LogP contribution in [0.5, 0.6) is 0 Å². The average molecular weight is 291 g/mol. The lowest BCUT2D eigenvalue weighted by Crippen LogP contribution is -2.31. The Bertz CT molecular complexity index is 627. The van der Waals surface area contributed by atoms with Crippen LogP contribution in [-0.4, -0.2) is 25.8 Å². The van der Waals surface area contributed by atoms with Crippen LogP contribution in [0.2, 0.25) is 0 Å². The summed E-state index contributed by atoms with van der Waals surface area (Å²) < 4.78 is 26.6. The topological polar surface area (TPSA) is 37.4 Å². The first-order valence-corrected chi connectivity index (χ1v) is 7.91. The highest BCUT2D eigenvalue weighted by molar-refractivity contribution is 7.89. The van der Waals surface area contributed by atoms with Gasteiger partial charge in [0, 0.05) is 6.54 Å². The molecule has 0 aliphatic heterocycles. The van der Waals surface area contributed by atoms with Gasteiger partial charge in [-0.05, 0) is 39.8 Å². The lowest BCUT2D eigenvalue weighted by Gasteiger charge is -2.18. The maximum Gasteiger partial charge on any atom is 0.244 e. The highest BCUT2D eigenvalue weighted by Crippen LogP contribution is 2.16. The molecule has 0 saturated heterocycles. The van der Waals surface area contributed by atoms with E-state index in [1.54, 1.807) is 31.2 Å². The molecular weight excluding hydrogens is 270 g/mol. The molecule has 0 bridgehead atoms. The third kappa shape index (κ3) is 4.52. The summed E-state index contributed by atoms with van der Waals surface area (Å²) in [5.41, 5.74) is 2.12. The molecule has 0 aliphatic carbocycles. The number of hydrogen-bond acceptors (Lipinski definition) is 2. The van der Waals surface area contributed by atoms with E-state index < -0.39 is 10.0 Å². The summed E-state index contributed by atoms with van der Waals surface area (Å²) in [6, 6.07) is 6.88. The van der Waals surface area contributed by atoms with Gasteiger partial charge in [0.05, 0.1) is 11.4 Å². The van der Waals surface area contributed by atoms with Crippen molar-refractivity contribution in [3.05, 3.63) is 41.5 Å². The zero-order chi connectivity index (χ0) is 15.2. The Morgan fingerprint density at radius 2 is 1.85 bits per heavy atom. The minimum absolute atomic E-state index is 0.205. The molecule has 0 atom stereocenters. The molecule has 0 unspecified atom stereocenters. The van der Waals surface area contributed by atoms with Crippen LogP contribution in [0.25, 0.3) is 0 Å². The van der Waals surface area contributed by atoms with Gasteiger partial charge in [0.2, 0.25) is 10.0 Å². The highest BCUT2D eigenvalue weighted by Gasteiger charge is 2.22. The molecule has 108 valence electrons. The molecule has 0 saturated carbocycles. The van der Waals surface area contributed by atoms with Crippen molar-refractivity contribution in [2.45, 2.75) is 32.6 Å². The normalized spacial score (nSPS) is 10.8. The third-order valence-corrected chi connectivity index (χ3v) is 4.62. The first-order valence-electron chi connectivity index (χ1n) is 6.47. The Balaban J connectivity index is 3.11. The molecule has 1 rings (SSSR count). The molecule has 0 amide bonds. The fourth-order valence-electron chi connectivity index (χ4n) is 1.56. The summed E-state index contributed by atoms with van der Waals surface area (Å²) in [5.74, 6) is 5.57. The van der Waals surface area contributed by atoms with E-state index in [0.717, 1.165) is 11.1 Å². The first kappa shape index (κ1) is 16.5. The Hall–Kier alpha value is -1.57. The summed E-state index contributed by atoms with van der Waals surface area (Å²) in [5, 5.41) is 0. The fraction of sp³-hybridized carbons (Fsp3) is 0.375. The standard InChI is InChI=1S/C16H21NO2S/c1-5-6-12-17(13-11-14(2)3)20(18,19)16-9-7-15(4)8-10-16/h7-11H,12-13H2,1-4H3. The SMILES string of the molecule is CC#CCN(CC=C(C)C)S(=O)(=O)c1ccc(C)cc1. The van der Waals surface area contributed by atoms with Gasteiger partial charge in [0.1, 0.15) is 0 Å². The van der Waals surface area contributed by atoms with E-state index in [2.05, 4.69) is 11.8 Å². The maximum absolute atomic E-state index is 12.6. The van der Waals surface area contributed by atoms with Gasteiger partial charge >= 0.3 is 0 Å². The van der Waals surface area contributed by atoms with Crippen LogP contribution in [0.3, 0.4) is 0 Å². The number of benzene rings is 1. The lowest BCUT2D eigenvalue weighted by molar-refractivity contribution is 0.477. The summed E-state index contributed by atoms with van der Waals surface area (Å²) in [7, 11) is -3.50. The van der Waals surface area contributed by atoms with Crippen molar-refractivity contribution in [2.75, 3.05) is 13.1 Å². The molecular formula is C16H21NO2S. The van der Waals surface area contributed by atoms with Gasteiger partial charge < -0.3 is 0 Å². The summed E-state index contributed by atoms with van der Waals surface area (Å²) in [6.45, 7) is 8.07. The van der Waals surface area contributed by atoms with Crippen molar-refractivity contribution < 1.29 is 8.42 Å². The molecule has 1 aromatic rings. The Morgan fingerprint density at radius 3 is 2.35 bits per heavy atom. The summed E-state index contributed by atoms with van der Waals surface area (Å²) >= 11 is 0. The van der Waals surface area contributed by atoms with Crippen molar-refractivity contribution in [1.82, 2.24) is 4.31 Å². The number of nitrogens with zero attached hydrogens (tertiary/aromatic N) is 1. The minimum atomic E-state index is -3.50. The van der Waals surface area contributed by atoms with Crippen LogP contribution >= 0.6 is 0 Å². The zero-order valence-electron chi connectivity index (χ0n) is 12.5. The van der Waals surface area contributed by atoms with Crippen LogP contribution in [0, 0.1) is 18.8 Å². The number of rotatable bonds is 5. The quantitative estimate of drug-likeness (QED) is 0.618. The van der Waals surface area contributed by atoms with Gasteiger partial charge in [-0.3, -0.25) is 0 Å². The van der Waals surface area contributed by atoms with E-state index in [1.165, 1.54) is 4.31 Å². The second-order valence-corrected chi connectivity index (χ2v) is 6.76. The number of aryl methyl sites for hydroxylation is 1. The van der Waals surface area contributed by atoms with Crippen LogP contribution in [0.15, 0.2) is 40.8 Å². The van der Waals surface area contributed by atoms with Crippen molar-refractivity contribution in [3.8, 4) is 11.8 Å². The van der Waals surface area contributed by atoms with E-state index in [0.29, 0.717) is 11.4 Å². The van der Waals surface area contributed by atoms with E-state index in [9.17, 15) is 8.42 Å². The van der Waals surface area contributed by atoms with Crippen molar-refractivity contribution >= 4 is 10.0 Å². The van der Waals surface area contributed by atoms with E-state index in [1.807, 2.05) is 26.8 Å². The molecule has 0 N–H and O–H groups in total. The number of sulfonamides is 1. The minimum Gasteiger partial charge on any atom is -0.207 e. The van der Waals surface area contributed by atoms with Gasteiger partial charge in [-0.15, -0.1) is 5.92 Å². The smallest absolute Gasteiger partial charge is 0.207 e. The first-order chi connectivity index (χ1) is 9.37. The molecule has 0 heterocycles. The monoisotopic (exact) mass is 291 g/mol. The predicted octanol–water partition coefficient (Wildman–Crippen LogP) is 2.98. The molecule has 0 fully saturated rings. The predicted molar refractivity (Wildman–Crippen MR) is 82.8 cm³/mol. The van der Waals surface area contributed by atoms with Gasteiger partial charge in [-0.1, -0.05) is 35.3 Å². The van der Waals surface area contributed by atoms with E-state index in [4.69, 9.17) is 0 Å². The molecule has 0 aromatic heterocycles. The van der Waals surface area contributed by atoms with Crippen molar-refractivity contribution in [3.63, 3.8) is 0 Å². The number of allylic oxidation sites excluding steroid dienone is 1. The van der Waals surface area contributed by atoms with E-state index >= 15 is 0 Å². The molecule has 0 spiro atoms. The average Bonchev–Trinajstić information content (AvgIpc) is 2.38. The molecule has 1 aromatic carbocycles. The number of hydrogen-bond donors (Lipinski definition) is 0. The third-order valence-electron chi connectivity index (χ3n) is 2.79. The molecule has 3 nitrogen and oxygen atoms in total. The highest BCUT2D eigenvalue weighted by atomic mass is 32.2. The van der Waals surface area contributed by atoms with Gasteiger partial charge in [0.25, 0.3) is 0 Å². The molecule has 0 aliphatic rings. The summed E-state index contributed by atoms with van der Waals surface area (Å²) in [6.07, 6.45) is 1.89. The second kappa shape index (κ2) is 7.28. The second-order valence-electron chi connectivity index (χ2n) is 4.82. The Kier molecular flexibility index (Phi) is 6.00. The van der Waals surface area contributed by atoms with Crippen molar-refractivity contribution in [2.24, 2.45) is 0 Å². The zero-order valence-corrected chi connectivity index (χ0v) is 13.3. The van der Waals surface area contributed by atoms with Gasteiger partial charge in [-0.2, -0.15) is 4.31 Å². The van der Waals surface area contributed by atoms with Crippen LogP contribution in [-0.2, 0) is 10.0 Å². The molecule has 20 heavy (non-hydrogen) atoms. The van der Waals surface area contributed by atoms with Crippen molar-refractivity contribution in [1.29, 1.82) is 0 Å². The molecule has 0 radical (unpaired) electrons. The van der Waals surface area contributed by atoms with E-state index in [-0.39, 0.29) is 6.54 Å². The largest absolute Gasteiger partial charge is 0.244 e.